The number of hydrogen-bond acceptors (Lipinski definition) is 5. The quantitative estimate of drug-likeness (QED) is 0.842. The molecular weight excluding hydrogens is 306 g/mol. The summed E-state index contributed by atoms with van der Waals surface area (Å²) < 4.78 is 6.86. The van der Waals surface area contributed by atoms with Crippen LogP contribution < -0.4 is 5.32 Å². The first-order valence-corrected chi connectivity index (χ1v) is 8.42. The highest BCUT2D eigenvalue weighted by molar-refractivity contribution is 5.92. The summed E-state index contributed by atoms with van der Waals surface area (Å²) in [7, 11) is 1.77. The summed E-state index contributed by atoms with van der Waals surface area (Å²) in [5.74, 6) is 1.84. The zero-order valence-corrected chi connectivity index (χ0v) is 15.3. The first-order valence-electron chi connectivity index (χ1n) is 8.42. The van der Waals surface area contributed by atoms with E-state index in [1.165, 1.54) is 0 Å². The van der Waals surface area contributed by atoms with Gasteiger partial charge in [-0.2, -0.15) is 10.1 Å². The Hall–Kier alpha value is -2.18. The molecule has 2 aromatic heterocycles. The Bertz CT molecular complexity index is 687. The van der Waals surface area contributed by atoms with Crippen molar-refractivity contribution in [1.82, 2.24) is 25.2 Å². The molecule has 2 aromatic rings. The van der Waals surface area contributed by atoms with Gasteiger partial charge in [0, 0.05) is 13.5 Å². The molecule has 24 heavy (non-hydrogen) atoms. The summed E-state index contributed by atoms with van der Waals surface area (Å²) in [5.41, 5.74) is 1.45. The van der Waals surface area contributed by atoms with Crippen molar-refractivity contribution in [1.29, 1.82) is 0 Å². The first-order chi connectivity index (χ1) is 11.3. The second-order valence-corrected chi connectivity index (χ2v) is 7.08. The molecule has 0 unspecified atom stereocenters. The average Bonchev–Trinajstić information content (AvgIpc) is 3.04. The van der Waals surface area contributed by atoms with Crippen LogP contribution in [0.4, 0.5) is 0 Å². The maximum absolute atomic E-state index is 12.5. The van der Waals surface area contributed by atoms with E-state index in [0.29, 0.717) is 29.2 Å². The van der Waals surface area contributed by atoms with Gasteiger partial charge in [0.05, 0.1) is 5.69 Å². The summed E-state index contributed by atoms with van der Waals surface area (Å²) in [6, 6.07) is 1.48. The molecule has 0 bridgehead atoms. The van der Waals surface area contributed by atoms with Crippen LogP contribution in [0.25, 0.3) is 0 Å². The molecule has 132 valence electrons. The lowest BCUT2D eigenvalue weighted by atomic mass is 10.1. The van der Waals surface area contributed by atoms with E-state index >= 15 is 0 Å². The van der Waals surface area contributed by atoms with Crippen LogP contribution in [0.5, 0.6) is 0 Å². The first kappa shape index (κ1) is 18.2. The van der Waals surface area contributed by atoms with Crippen LogP contribution in [0.1, 0.15) is 68.6 Å². The molecule has 1 atom stereocenters. The number of aryl methyl sites for hydroxylation is 1. The number of nitrogens with one attached hydrogen (secondary N) is 1. The summed E-state index contributed by atoms with van der Waals surface area (Å²) in [6.45, 7) is 10.3. The molecule has 0 radical (unpaired) electrons. The zero-order chi connectivity index (χ0) is 17.9. The molecule has 0 spiro atoms. The number of hydrogen-bond donors (Lipinski definition) is 1. The van der Waals surface area contributed by atoms with E-state index in [0.717, 1.165) is 18.5 Å². The number of amides is 1. The van der Waals surface area contributed by atoms with Crippen LogP contribution in [-0.4, -0.2) is 25.8 Å². The van der Waals surface area contributed by atoms with Gasteiger partial charge in [-0.15, -0.1) is 0 Å². The summed E-state index contributed by atoms with van der Waals surface area (Å²) in [6.07, 6.45) is 1.60. The number of carbonyl (C=O) groups is 1. The van der Waals surface area contributed by atoms with Gasteiger partial charge in [0.15, 0.2) is 5.82 Å². The van der Waals surface area contributed by atoms with Crippen molar-refractivity contribution in [3.8, 4) is 0 Å². The van der Waals surface area contributed by atoms with Gasteiger partial charge in [0.1, 0.15) is 11.7 Å². The highest BCUT2D eigenvalue weighted by Crippen LogP contribution is 2.14. The molecular formula is C17H27N5O2. The minimum Gasteiger partial charge on any atom is -0.339 e. The third-order valence-corrected chi connectivity index (χ3v) is 3.57. The van der Waals surface area contributed by atoms with Gasteiger partial charge >= 0.3 is 0 Å². The van der Waals surface area contributed by atoms with Gasteiger partial charge in [-0.05, 0) is 31.2 Å². The maximum atomic E-state index is 12.5. The van der Waals surface area contributed by atoms with Crippen molar-refractivity contribution in [3.63, 3.8) is 0 Å². The van der Waals surface area contributed by atoms with Gasteiger partial charge in [-0.3, -0.25) is 9.48 Å². The zero-order valence-electron chi connectivity index (χ0n) is 15.3. The second kappa shape index (κ2) is 7.59. The normalized spacial score (nSPS) is 12.8. The Labute approximate surface area is 142 Å². The van der Waals surface area contributed by atoms with Crippen molar-refractivity contribution >= 4 is 5.91 Å². The van der Waals surface area contributed by atoms with Crippen LogP contribution in [0.15, 0.2) is 10.6 Å². The molecule has 1 amide bonds. The van der Waals surface area contributed by atoms with Gasteiger partial charge in [-0.1, -0.05) is 32.9 Å². The second-order valence-electron chi connectivity index (χ2n) is 7.08. The lowest BCUT2D eigenvalue weighted by Gasteiger charge is -2.09. The maximum Gasteiger partial charge on any atom is 0.270 e. The number of aromatic nitrogens is 4. The molecule has 0 saturated heterocycles. The summed E-state index contributed by atoms with van der Waals surface area (Å²) in [4.78, 5) is 16.8. The molecule has 0 aliphatic heterocycles. The van der Waals surface area contributed by atoms with E-state index in [-0.39, 0.29) is 11.9 Å². The fraction of sp³-hybridized carbons (Fsp3) is 0.647. The fourth-order valence-electron chi connectivity index (χ4n) is 2.48. The van der Waals surface area contributed by atoms with Crippen molar-refractivity contribution in [2.24, 2.45) is 18.9 Å². The Balaban J connectivity index is 2.03. The smallest absolute Gasteiger partial charge is 0.270 e. The van der Waals surface area contributed by atoms with Crippen LogP contribution in [0.2, 0.25) is 0 Å². The molecule has 0 aliphatic rings. The van der Waals surface area contributed by atoms with E-state index < -0.39 is 0 Å². The predicted octanol–water partition coefficient (Wildman–Crippen LogP) is 2.69. The van der Waals surface area contributed by atoms with Crippen LogP contribution in [0.3, 0.4) is 0 Å². The van der Waals surface area contributed by atoms with E-state index in [4.69, 9.17) is 4.52 Å². The molecule has 0 fully saturated rings. The minimum atomic E-state index is -0.352. The van der Waals surface area contributed by atoms with E-state index in [1.807, 2.05) is 13.0 Å². The van der Waals surface area contributed by atoms with Crippen molar-refractivity contribution in [2.45, 2.75) is 53.5 Å². The number of carbonyl (C=O) groups excluding carboxylic acids is 1. The summed E-state index contributed by atoms with van der Waals surface area (Å²) >= 11 is 0. The number of nitrogens with zero attached hydrogens (tertiary/aromatic N) is 4. The van der Waals surface area contributed by atoms with Gasteiger partial charge < -0.3 is 9.84 Å². The molecule has 1 N–H and O–H groups in total. The largest absolute Gasteiger partial charge is 0.339 e. The molecule has 7 heteroatoms. The third kappa shape index (κ3) is 4.66. The molecule has 7 nitrogen and oxygen atoms in total. The van der Waals surface area contributed by atoms with Gasteiger partial charge in [0.2, 0.25) is 5.89 Å². The Morgan fingerprint density at radius 2 is 1.88 bits per heavy atom. The monoisotopic (exact) mass is 333 g/mol. The standard InChI is InChI=1S/C17H27N5O2/c1-10(2)7-13-9-14(22(6)20-13)16(23)18-12(5)17-19-15(21-24-17)8-11(3)4/h9-12H,7-8H2,1-6H3,(H,18,23)/t12-/m1/s1. The van der Waals surface area contributed by atoms with Crippen LogP contribution in [-0.2, 0) is 19.9 Å². The van der Waals surface area contributed by atoms with Crippen molar-refractivity contribution in [3.05, 3.63) is 29.2 Å². The molecule has 0 aromatic carbocycles. The van der Waals surface area contributed by atoms with Crippen molar-refractivity contribution in [2.75, 3.05) is 0 Å². The predicted molar refractivity (Wildman–Crippen MR) is 90.5 cm³/mol. The summed E-state index contributed by atoms with van der Waals surface area (Å²) in [5, 5.41) is 11.2. The van der Waals surface area contributed by atoms with Crippen molar-refractivity contribution < 1.29 is 9.32 Å². The van der Waals surface area contributed by atoms with Gasteiger partial charge in [-0.25, -0.2) is 0 Å². The lowest BCUT2D eigenvalue weighted by Crippen LogP contribution is -2.28. The van der Waals surface area contributed by atoms with E-state index in [2.05, 4.69) is 48.3 Å². The lowest BCUT2D eigenvalue weighted by molar-refractivity contribution is 0.0923. The third-order valence-electron chi connectivity index (χ3n) is 3.57. The number of rotatable bonds is 7. The average molecular weight is 333 g/mol. The SMILES string of the molecule is CC(C)Cc1cc(C(=O)N[C@H](C)c2nc(CC(C)C)no2)n(C)n1. The molecule has 2 rings (SSSR count). The highest BCUT2D eigenvalue weighted by atomic mass is 16.5. The Kier molecular flexibility index (Phi) is 5.75. The molecule has 0 saturated carbocycles. The van der Waals surface area contributed by atoms with Gasteiger partial charge in [0.25, 0.3) is 5.91 Å². The van der Waals surface area contributed by atoms with Crippen LogP contribution in [0, 0.1) is 11.8 Å². The van der Waals surface area contributed by atoms with E-state index in [1.54, 1.807) is 11.7 Å². The van der Waals surface area contributed by atoms with Crippen LogP contribution >= 0.6 is 0 Å². The Morgan fingerprint density at radius 1 is 1.21 bits per heavy atom. The van der Waals surface area contributed by atoms with E-state index in [9.17, 15) is 4.79 Å². The minimum absolute atomic E-state index is 0.198. The fourth-order valence-corrected chi connectivity index (χ4v) is 2.48. The topological polar surface area (TPSA) is 85.8 Å². The Morgan fingerprint density at radius 3 is 2.50 bits per heavy atom. The molecule has 0 aliphatic carbocycles. The highest BCUT2D eigenvalue weighted by Gasteiger charge is 2.20. The molecule has 2 heterocycles.